The quantitative estimate of drug-likeness (QED) is 0.902. The summed E-state index contributed by atoms with van der Waals surface area (Å²) in [4.78, 5) is 16.3. The molecule has 0 saturated carbocycles. The Morgan fingerprint density at radius 2 is 2.38 bits per heavy atom. The number of aromatic nitrogens is 1. The maximum atomic E-state index is 12.2. The summed E-state index contributed by atoms with van der Waals surface area (Å²) in [5, 5.41) is 3.36. The highest BCUT2D eigenvalue weighted by Gasteiger charge is 2.32. The predicted molar refractivity (Wildman–Crippen MR) is 81.3 cm³/mol. The van der Waals surface area contributed by atoms with Crippen LogP contribution in [0.5, 0.6) is 0 Å². The summed E-state index contributed by atoms with van der Waals surface area (Å²) < 4.78 is 12.0. The Kier molecular flexibility index (Phi) is 3.56. The molecule has 0 spiro atoms. The Morgan fingerprint density at radius 1 is 1.57 bits per heavy atom. The van der Waals surface area contributed by atoms with E-state index in [0.29, 0.717) is 23.8 Å². The second-order valence-electron chi connectivity index (χ2n) is 5.40. The highest BCUT2D eigenvalue weighted by molar-refractivity contribution is 7.22. The van der Waals surface area contributed by atoms with Crippen molar-refractivity contribution in [3.05, 3.63) is 23.8 Å². The lowest BCUT2D eigenvalue weighted by molar-refractivity contribution is -0.137. The van der Waals surface area contributed by atoms with E-state index in [1.165, 1.54) is 11.3 Å². The molecule has 21 heavy (non-hydrogen) atoms. The molecule has 1 atom stereocenters. The smallest absolute Gasteiger partial charge is 0.251 e. The molecule has 0 bridgehead atoms. The lowest BCUT2D eigenvalue weighted by Crippen LogP contribution is -2.34. The van der Waals surface area contributed by atoms with Gasteiger partial charge in [0.2, 0.25) is 0 Å². The molecule has 1 fully saturated rings. The number of nitrogen functional groups attached to an aromatic ring is 1. The molecule has 1 saturated heterocycles. The number of hydrogen-bond donors (Lipinski definition) is 2. The van der Waals surface area contributed by atoms with Gasteiger partial charge in [-0.2, -0.15) is 0 Å². The van der Waals surface area contributed by atoms with Crippen molar-refractivity contribution in [1.82, 2.24) is 10.3 Å². The van der Waals surface area contributed by atoms with Gasteiger partial charge in [-0.1, -0.05) is 11.3 Å². The molecule has 0 aliphatic carbocycles. The molecule has 7 heteroatoms. The fourth-order valence-electron chi connectivity index (χ4n) is 2.26. The minimum absolute atomic E-state index is 0.119. The zero-order chi connectivity index (χ0) is 15.0. The van der Waals surface area contributed by atoms with Gasteiger partial charge in [-0.15, -0.1) is 0 Å². The van der Waals surface area contributed by atoms with Crippen molar-refractivity contribution in [2.24, 2.45) is 0 Å². The van der Waals surface area contributed by atoms with Gasteiger partial charge in [0.15, 0.2) is 10.9 Å². The summed E-state index contributed by atoms with van der Waals surface area (Å²) in [6, 6.07) is 5.34. The van der Waals surface area contributed by atoms with Crippen molar-refractivity contribution in [3.8, 4) is 0 Å². The van der Waals surface area contributed by atoms with Crippen LogP contribution in [0.25, 0.3) is 10.2 Å². The van der Waals surface area contributed by atoms with Crippen molar-refractivity contribution in [2.75, 3.05) is 18.9 Å². The van der Waals surface area contributed by atoms with Crippen LogP contribution in [0.2, 0.25) is 0 Å². The largest absolute Gasteiger partial charge is 0.375 e. The van der Waals surface area contributed by atoms with E-state index in [4.69, 9.17) is 15.2 Å². The third-order valence-corrected chi connectivity index (χ3v) is 4.07. The van der Waals surface area contributed by atoms with Crippen molar-refractivity contribution >= 4 is 32.6 Å². The lowest BCUT2D eigenvalue weighted by atomic mass is 10.2. The number of rotatable bonds is 3. The summed E-state index contributed by atoms with van der Waals surface area (Å²) in [6.07, 6.45) is -0.119. The van der Waals surface area contributed by atoms with Gasteiger partial charge >= 0.3 is 0 Å². The summed E-state index contributed by atoms with van der Waals surface area (Å²) in [7, 11) is 0. The Labute approximate surface area is 126 Å². The van der Waals surface area contributed by atoms with E-state index in [1.54, 1.807) is 18.2 Å². The van der Waals surface area contributed by atoms with Crippen LogP contribution < -0.4 is 11.1 Å². The fraction of sp³-hybridized carbons (Fsp3) is 0.429. The Morgan fingerprint density at radius 3 is 3.10 bits per heavy atom. The molecule has 112 valence electrons. The number of thiazole rings is 1. The number of nitrogens with two attached hydrogens (primary N) is 1. The molecule has 1 aliphatic heterocycles. The van der Waals surface area contributed by atoms with Crippen molar-refractivity contribution < 1.29 is 14.3 Å². The van der Waals surface area contributed by atoms with E-state index in [1.807, 2.05) is 13.8 Å². The predicted octanol–water partition coefficient (Wildman–Crippen LogP) is 1.76. The second-order valence-corrected chi connectivity index (χ2v) is 6.46. The number of hydrogen-bond acceptors (Lipinski definition) is 6. The molecule has 2 heterocycles. The molecule has 3 N–H and O–H groups in total. The van der Waals surface area contributed by atoms with Gasteiger partial charge in [-0.3, -0.25) is 4.79 Å². The molecule has 3 rings (SSSR count). The normalized spacial score (nSPS) is 20.8. The first-order valence-corrected chi connectivity index (χ1v) is 7.51. The molecule has 1 aromatic carbocycles. The molecule has 1 amide bonds. The summed E-state index contributed by atoms with van der Waals surface area (Å²) in [5.41, 5.74) is 7.06. The van der Waals surface area contributed by atoms with Crippen LogP contribution in [0.4, 0.5) is 5.13 Å². The van der Waals surface area contributed by atoms with Gasteiger partial charge in [0.1, 0.15) is 6.10 Å². The third-order valence-electron chi connectivity index (χ3n) is 3.22. The highest BCUT2D eigenvalue weighted by atomic mass is 32.1. The molecule has 1 unspecified atom stereocenters. The van der Waals surface area contributed by atoms with Crippen molar-refractivity contribution in [1.29, 1.82) is 0 Å². The number of benzene rings is 1. The SMILES string of the molecule is CC1(C)OCC(CNC(=O)c2ccc3nc(N)sc3c2)O1. The zero-order valence-electron chi connectivity index (χ0n) is 11.9. The summed E-state index contributed by atoms with van der Waals surface area (Å²) in [6.45, 7) is 4.62. The van der Waals surface area contributed by atoms with Gasteiger partial charge in [0, 0.05) is 12.1 Å². The number of ether oxygens (including phenoxy) is 2. The van der Waals surface area contributed by atoms with Gasteiger partial charge in [-0.25, -0.2) is 4.98 Å². The Balaban J connectivity index is 1.64. The first kappa shape index (κ1) is 14.2. The van der Waals surface area contributed by atoms with E-state index >= 15 is 0 Å². The van der Waals surface area contributed by atoms with Gasteiger partial charge in [0.05, 0.1) is 16.8 Å². The van der Waals surface area contributed by atoms with Crippen molar-refractivity contribution in [3.63, 3.8) is 0 Å². The molecule has 6 nitrogen and oxygen atoms in total. The Bertz CT molecular complexity index is 683. The van der Waals surface area contributed by atoms with Crippen molar-refractivity contribution in [2.45, 2.75) is 25.7 Å². The van der Waals surface area contributed by atoms with Gasteiger partial charge < -0.3 is 20.5 Å². The van der Waals surface area contributed by atoms with Crippen LogP contribution in [0.15, 0.2) is 18.2 Å². The number of amides is 1. The van der Waals surface area contributed by atoms with Crippen LogP contribution in [0.3, 0.4) is 0 Å². The van der Waals surface area contributed by atoms with Crippen LogP contribution in [-0.2, 0) is 9.47 Å². The van der Waals surface area contributed by atoms with E-state index in [0.717, 1.165) is 10.2 Å². The van der Waals surface area contributed by atoms with E-state index in [2.05, 4.69) is 10.3 Å². The fourth-order valence-corrected chi connectivity index (χ4v) is 3.03. The monoisotopic (exact) mass is 307 g/mol. The maximum Gasteiger partial charge on any atom is 0.251 e. The molecular weight excluding hydrogens is 290 g/mol. The highest BCUT2D eigenvalue weighted by Crippen LogP contribution is 2.25. The topological polar surface area (TPSA) is 86.5 Å². The van der Waals surface area contributed by atoms with Gasteiger partial charge in [-0.05, 0) is 32.0 Å². The van der Waals surface area contributed by atoms with E-state index in [-0.39, 0.29) is 12.0 Å². The maximum absolute atomic E-state index is 12.2. The van der Waals surface area contributed by atoms with Crippen LogP contribution >= 0.6 is 11.3 Å². The molecule has 0 radical (unpaired) electrons. The molecular formula is C14H17N3O3S. The number of anilines is 1. The first-order valence-electron chi connectivity index (χ1n) is 6.69. The number of carbonyl (C=O) groups excluding carboxylic acids is 1. The average molecular weight is 307 g/mol. The molecule has 2 aromatic rings. The standard InChI is InChI=1S/C14H17N3O3S/c1-14(2)19-7-9(20-14)6-16-12(18)8-3-4-10-11(5-8)21-13(15)17-10/h3-5,9H,6-7H2,1-2H3,(H2,15,17)(H,16,18). The third kappa shape index (κ3) is 3.15. The van der Waals surface area contributed by atoms with E-state index < -0.39 is 5.79 Å². The first-order chi connectivity index (χ1) is 9.93. The zero-order valence-corrected chi connectivity index (χ0v) is 12.7. The number of nitrogens with zero attached hydrogens (tertiary/aromatic N) is 1. The number of fused-ring (bicyclic) bond motifs is 1. The van der Waals surface area contributed by atoms with E-state index in [9.17, 15) is 4.79 Å². The lowest BCUT2D eigenvalue weighted by Gasteiger charge is -2.17. The molecule has 1 aromatic heterocycles. The molecule has 1 aliphatic rings. The Hall–Kier alpha value is -1.70. The minimum atomic E-state index is -0.575. The van der Waals surface area contributed by atoms with Crippen LogP contribution in [0.1, 0.15) is 24.2 Å². The average Bonchev–Trinajstić information content (AvgIpc) is 2.96. The number of nitrogens with one attached hydrogen (secondary N) is 1. The number of carbonyl (C=O) groups is 1. The summed E-state index contributed by atoms with van der Waals surface area (Å²) >= 11 is 1.37. The summed E-state index contributed by atoms with van der Waals surface area (Å²) in [5.74, 6) is -0.716. The van der Waals surface area contributed by atoms with Crippen LogP contribution in [0, 0.1) is 0 Å². The van der Waals surface area contributed by atoms with Gasteiger partial charge in [0.25, 0.3) is 5.91 Å². The minimum Gasteiger partial charge on any atom is -0.375 e. The second kappa shape index (κ2) is 5.25. The van der Waals surface area contributed by atoms with Crippen LogP contribution in [-0.4, -0.2) is 35.9 Å².